The molecule has 1 fully saturated rings. The molecule has 2 rings (SSSR count). The van der Waals surface area contributed by atoms with Gasteiger partial charge in [-0.1, -0.05) is 12.1 Å². The van der Waals surface area contributed by atoms with Gasteiger partial charge in [0.05, 0.1) is 17.3 Å². The van der Waals surface area contributed by atoms with Gasteiger partial charge in [-0.05, 0) is 51.4 Å². The number of nitriles is 1. The van der Waals surface area contributed by atoms with Gasteiger partial charge in [-0.25, -0.2) is 0 Å². The van der Waals surface area contributed by atoms with E-state index in [1.807, 2.05) is 6.92 Å². The summed E-state index contributed by atoms with van der Waals surface area (Å²) in [5, 5.41) is 14.9. The van der Waals surface area contributed by atoms with Gasteiger partial charge in [0.1, 0.15) is 6.07 Å². The Morgan fingerprint density at radius 3 is 2.70 bits per heavy atom. The van der Waals surface area contributed by atoms with Gasteiger partial charge in [-0.3, -0.25) is 14.5 Å². The lowest BCUT2D eigenvalue weighted by Gasteiger charge is -2.34. The molecule has 1 unspecified atom stereocenters. The number of nitrogens with zero attached hydrogens (tertiary/aromatic N) is 2. The molecule has 2 N–H and O–H groups in total. The summed E-state index contributed by atoms with van der Waals surface area (Å²) in [6.07, 6.45) is 2.29. The highest BCUT2D eigenvalue weighted by Gasteiger charge is 2.29. The van der Waals surface area contributed by atoms with E-state index in [9.17, 15) is 9.59 Å². The highest BCUT2D eigenvalue weighted by atomic mass is 16.5. The van der Waals surface area contributed by atoms with Crippen molar-refractivity contribution in [2.75, 3.05) is 38.7 Å². The Bertz CT molecular complexity index is 678. The molecule has 0 spiro atoms. The van der Waals surface area contributed by atoms with Crippen molar-refractivity contribution >= 4 is 17.5 Å². The zero-order valence-electron chi connectivity index (χ0n) is 16.0. The fourth-order valence-corrected chi connectivity index (χ4v) is 3.21. The van der Waals surface area contributed by atoms with Gasteiger partial charge in [-0.2, -0.15) is 5.26 Å². The number of carbonyl (C=O) groups excluding carboxylic acids is 2. The molecule has 0 bridgehead atoms. The third kappa shape index (κ3) is 6.05. The summed E-state index contributed by atoms with van der Waals surface area (Å²) < 4.78 is 4.98. The third-order valence-corrected chi connectivity index (χ3v) is 4.96. The first-order valence-corrected chi connectivity index (χ1v) is 9.37. The van der Waals surface area contributed by atoms with Gasteiger partial charge in [0.2, 0.25) is 11.8 Å². The van der Waals surface area contributed by atoms with Crippen molar-refractivity contribution in [3.05, 3.63) is 29.8 Å². The van der Waals surface area contributed by atoms with Crippen LogP contribution >= 0.6 is 0 Å². The number of anilines is 1. The average molecular weight is 372 g/mol. The molecule has 1 saturated heterocycles. The summed E-state index contributed by atoms with van der Waals surface area (Å²) >= 11 is 0. The molecule has 0 radical (unpaired) electrons. The van der Waals surface area contributed by atoms with E-state index in [0.717, 1.165) is 19.3 Å². The highest BCUT2D eigenvalue weighted by Crippen LogP contribution is 2.20. The second kappa shape index (κ2) is 10.7. The molecule has 27 heavy (non-hydrogen) atoms. The third-order valence-electron chi connectivity index (χ3n) is 4.96. The van der Waals surface area contributed by atoms with Gasteiger partial charge in [0, 0.05) is 26.2 Å². The quantitative estimate of drug-likeness (QED) is 0.678. The van der Waals surface area contributed by atoms with Gasteiger partial charge < -0.3 is 15.4 Å². The number of amides is 2. The Labute approximate surface area is 160 Å². The summed E-state index contributed by atoms with van der Waals surface area (Å²) in [6.45, 7) is 4.52. The predicted molar refractivity (Wildman–Crippen MR) is 103 cm³/mol. The van der Waals surface area contributed by atoms with Crippen LogP contribution in [0.2, 0.25) is 0 Å². The number of methoxy groups -OCH3 is 1. The number of hydrogen-bond acceptors (Lipinski definition) is 5. The van der Waals surface area contributed by atoms with Crippen LogP contribution in [-0.4, -0.2) is 56.1 Å². The first-order valence-electron chi connectivity index (χ1n) is 9.37. The van der Waals surface area contributed by atoms with Crippen LogP contribution in [0.3, 0.4) is 0 Å². The first-order chi connectivity index (χ1) is 13.1. The Kier molecular flexibility index (Phi) is 8.24. The number of carbonyl (C=O) groups is 2. The fraction of sp³-hybridized carbons (Fsp3) is 0.550. The van der Waals surface area contributed by atoms with E-state index < -0.39 is 0 Å². The van der Waals surface area contributed by atoms with Crippen molar-refractivity contribution in [2.45, 2.75) is 32.2 Å². The molecule has 146 valence electrons. The summed E-state index contributed by atoms with van der Waals surface area (Å²) in [5.41, 5.74) is 0.976. The van der Waals surface area contributed by atoms with Crippen molar-refractivity contribution in [3.63, 3.8) is 0 Å². The highest BCUT2D eigenvalue weighted by molar-refractivity contribution is 5.95. The number of piperidine rings is 1. The largest absolute Gasteiger partial charge is 0.385 e. The summed E-state index contributed by atoms with van der Waals surface area (Å²) in [5.74, 6) is -0.0515. The molecule has 7 nitrogen and oxygen atoms in total. The zero-order chi connectivity index (χ0) is 19.6. The van der Waals surface area contributed by atoms with Crippen LogP contribution < -0.4 is 10.6 Å². The van der Waals surface area contributed by atoms with Crippen LogP contribution in [0.4, 0.5) is 5.69 Å². The molecule has 1 aromatic rings. The van der Waals surface area contributed by atoms with E-state index in [2.05, 4.69) is 21.6 Å². The number of rotatable bonds is 8. The second-order valence-corrected chi connectivity index (χ2v) is 6.77. The summed E-state index contributed by atoms with van der Waals surface area (Å²) in [4.78, 5) is 26.8. The summed E-state index contributed by atoms with van der Waals surface area (Å²) in [6, 6.07) is 8.72. The van der Waals surface area contributed by atoms with E-state index in [1.165, 1.54) is 0 Å². The minimum atomic E-state index is -0.317. The minimum absolute atomic E-state index is 0.00151. The normalized spacial score (nSPS) is 16.3. The predicted octanol–water partition coefficient (Wildman–Crippen LogP) is 1.75. The molecule has 0 saturated carbocycles. The van der Waals surface area contributed by atoms with Crippen LogP contribution in [0.15, 0.2) is 24.3 Å². The van der Waals surface area contributed by atoms with Crippen molar-refractivity contribution < 1.29 is 14.3 Å². The van der Waals surface area contributed by atoms with Crippen LogP contribution in [-0.2, 0) is 14.3 Å². The Balaban J connectivity index is 1.80. The number of nitrogens with one attached hydrogen (secondary N) is 2. The van der Waals surface area contributed by atoms with Gasteiger partial charge in [0.15, 0.2) is 0 Å². The lowest BCUT2D eigenvalue weighted by molar-refractivity contribution is -0.127. The van der Waals surface area contributed by atoms with Crippen molar-refractivity contribution in [3.8, 4) is 6.07 Å². The van der Waals surface area contributed by atoms with Crippen LogP contribution in [0.1, 0.15) is 31.7 Å². The standard InChI is InChI=1S/C20H28N4O3/c1-15(19(25)23-18-7-4-3-6-17(18)14-21)24-11-8-16(9-12-24)20(26)22-10-5-13-27-2/h3-4,6-7,15-16H,5,8-13H2,1-2H3,(H,22,26)(H,23,25). The maximum atomic E-state index is 12.5. The maximum absolute atomic E-state index is 12.5. The SMILES string of the molecule is COCCCNC(=O)C1CCN(C(C)C(=O)Nc2ccccc2C#N)CC1. The Hall–Kier alpha value is -2.43. The molecule has 2 amide bonds. The molecule has 1 aliphatic rings. The van der Waals surface area contributed by atoms with Gasteiger partial charge in [0.25, 0.3) is 0 Å². The lowest BCUT2D eigenvalue weighted by atomic mass is 9.95. The van der Waals surface area contributed by atoms with E-state index >= 15 is 0 Å². The fourth-order valence-electron chi connectivity index (χ4n) is 3.21. The maximum Gasteiger partial charge on any atom is 0.241 e. The number of likely N-dealkylation sites (tertiary alicyclic amines) is 1. The van der Waals surface area contributed by atoms with E-state index in [1.54, 1.807) is 31.4 Å². The van der Waals surface area contributed by atoms with Crippen LogP contribution in [0.25, 0.3) is 0 Å². The van der Waals surface area contributed by atoms with Crippen molar-refractivity contribution in [1.82, 2.24) is 10.2 Å². The topological polar surface area (TPSA) is 94.5 Å². The number of para-hydroxylation sites is 1. The Morgan fingerprint density at radius 1 is 1.33 bits per heavy atom. The molecule has 1 aromatic carbocycles. The molecular weight excluding hydrogens is 344 g/mol. The van der Waals surface area contributed by atoms with Gasteiger partial charge >= 0.3 is 0 Å². The summed E-state index contributed by atoms with van der Waals surface area (Å²) in [7, 11) is 1.65. The number of benzene rings is 1. The van der Waals surface area contributed by atoms with E-state index in [-0.39, 0.29) is 23.8 Å². The number of ether oxygens (including phenoxy) is 1. The zero-order valence-corrected chi connectivity index (χ0v) is 16.0. The number of hydrogen-bond donors (Lipinski definition) is 2. The molecule has 7 heteroatoms. The minimum Gasteiger partial charge on any atom is -0.385 e. The molecule has 1 heterocycles. The van der Waals surface area contributed by atoms with Crippen molar-refractivity contribution in [2.24, 2.45) is 5.92 Å². The molecule has 1 aliphatic heterocycles. The molecule has 0 aromatic heterocycles. The smallest absolute Gasteiger partial charge is 0.241 e. The Morgan fingerprint density at radius 2 is 2.04 bits per heavy atom. The second-order valence-electron chi connectivity index (χ2n) is 6.77. The lowest BCUT2D eigenvalue weighted by Crippen LogP contribution is -2.48. The first kappa shape index (κ1) is 20.9. The van der Waals surface area contributed by atoms with Gasteiger partial charge in [-0.15, -0.1) is 0 Å². The van der Waals surface area contributed by atoms with Crippen molar-refractivity contribution in [1.29, 1.82) is 5.26 Å². The average Bonchev–Trinajstić information content (AvgIpc) is 2.71. The van der Waals surface area contributed by atoms with E-state index in [0.29, 0.717) is 37.5 Å². The van der Waals surface area contributed by atoms with Crippen LogP contribution in [0.5, 0.6) is 0 Å². The van der Waals surface area contributed by atoms with E-state index in [4.69, 9.17) is 10.00 Å². The molecule has 0 aliphatic carbocycles. The molecule has 1 atom stereocenters. The monoisotopic (exact) mass is 372 g/mol. The molecular formula is C20H28N4O3. The van der Waals surface area contributed by atoms with Crippen LogP contribution in [0, 0.1) is 17.2 Å².